The third-order valence-electron chi connectivity index (χ3n) is 2.10. The summed E-state index contributed by atoms with van der Waals surface area (Å²) in [6, 6.07) is 7.29. The molecule has 0 spiro atoms. The van der Waals surface area contributed by atoms with Crippen LogP contribution in [0, 0.1) is 12.3 Å². The molecule has 0 radical (unpaired) electrons. The van der Waals surface area contributed by atoms with Crippen molar-refractivity contribution in [3.05, 3.63) is 29.8 Å². The van der Waals surface area contributed by atoms with E-state index < -0.39 is 5.97 Å². The Morgan fingerprint density at radius 1 is 1.47 bits per heavy atom. The average molecular weight is 233 g/mol. The first-order valence-electron chi connectivity index (χ1n) is 5.17. The van der Waals surface area contributed by atoms with Crippen LogP contribution in [0.2, 0.25) is 0 Å². The number of nitrogens with zero attached hydrogens (tertiary/aromatic N) is 1. The molecule has 0 heterocycles. The Kier molecular flexibility index (Phi) is 5.05. The number of hydrogen-bond acceptors (Lipinski definition) is 3. The number of hydrogen-bond donors (Lipinski definition) is 1. The number of ether oxygens (including phenoxy) is 1. The summed E-state index contributed by atoms with van der Waals surface area (Å²) in [7, 11) is 1.94. The van der Waals surface area contributed by atoms with E-state index in [1.807, 2.05) is 24.1 Å². The molecule has 1 N–H and O–H groups in total. The topological polar surface area (TPSA) is 49.8 Å². The molecule has 0 aliphatic heterocycles. The van der Waals surface area contributed by atoms with Crippen molar-refractivity contribution in [3.63, 3.8) is 0 Å². The number of carboxylic acid groups (broad SMARTS) is 1. The van der Waals surface area contributed by atoms with Crippen molar-refractivity contribution < 1.29 is 14.6 Å². The zero-order chi connectivity index (χ0) is 12.7. The highest BCUT2D eigenvalue weighted by molar-refractivity contribution is 5.68. The Balaban J connectivity index is 2.50. The minimum absolute atomic E-state index is 0.323. The Hall–Kier alpha value is -1.99. The van der Waals surface area contributed by atoms with Gasteiger partial charge in [-0.1, -0.05) is 18.1 Å². The Labute approximate surface area is 101 Å². The lowest BCUT2D eigenvalue weighted by Crippen LogP contribution is -2.17. The number of rotatable bonds is 6. The molecule has 0 aliphatic rings. The van der Waals surface area contributed by atoms with Gasteiger partial charge in [0, 0.05) is 6.54 Å². The maximum Gasteiger partial charge on any atom is 0.341 e. The first kappa shape index (κ1) is 13.1. The van der Waals surface area contributed by atoms with Crippen LogP contribution in [0.4, 0.5) is 0 Å². The van der Waals surface area contributed by atoms with E-state index in [9.17, 15) is 4.79 Å². The van der Waals surface area contributed by atoms with E-state index >= 15 is 0 Å². The van der Waals surface area contributed by atoms with E-state index in [0.29, 0.717) is 12.3 Å². The van der Waals surface area contributed by atoms with Crippen LogP contribution < -0.4 is 4.74 Å². The third-order valence-corrected chi connectivity index (χ3v) is 2.10. The lowest BCUT2D eigenvalue weighted by molar-refractivity contribution is -0.139. The molecule has 90 valence electrons. The van der Waals surface area contributed by atoms with Crippen LogP contribution in [0.25, 0.3) is 0 Å². The molecule has 0 saturated heterocycles. The molecule has 17 heavy (non-hydrogen) atoms. The molecular formula is C13H15NO3. The van der Waals surface area contributed by atoms with E-state index in [-0.39, 0.29) is 6.61 Å². The summed E-state index contributed by atoms with van der Waals surface area (Å²) in [6.07, 6.45) is 5.21. The van der Waals surface area contributed by atoms with Crippen molar-refractivity contribution in [2.75, 3.05) is 20.2 Å². The van der Waals surface area contributed by atoms with Crippen LogP contribution in [0.5, 0.6) is 5.75 Å². The molecule has 0 bridgehead atoms. The molecule has 0 aliphatic carbocycles. The predicted octanol–water partition coefficient (Wildman–Crippen LogP) is 1.22. The van der Waals surface area contributed by atoms with Crippen LogP contribution in [0.15, 0.2) is 24.3 Å². The second-order valence-corrected chi connectivity index (χ2v) is 3.70. The zero-order valence-corrected chi connectivity index (χ0v) is 9.72. The van der Waals surface area contributed by atoms with Gasteiger partial charge in [0.15, 0.2) is 6.61 Å². The van der Waals surface area contributed by atoms with Crippen LogP contribution in [-0.2, 0) is 11.3 Å². The molecule has 0 unspecified atom stereocenters. The normalized spacial score (nSPS) is 9.94. The number of terminal acetylenes is 1. The van der Waals surface area contributed by atoms with E-state index in [1.165, 1.54) is 0 Å². The van der Waals surface area contributed by atoms with Crippen molar-refractivity contribution in [1.29, 1.82) is 0 Å². The summed E-state index contributed by atoms with van der Waals surface area (Å²) in [5.74, 6) is 2.14. The molecule has 0 fully saturated rings. The molecule has 4 nitrogen and oxygen atoms in total. The van der Waals surface area contributed by atoms with Gasteiger partial charge >= 0.3 is 5.97 Å². The maximum atomic E-state index is 10.3. The third kappa shape index (κ3) is 5.05. The van der Waals surface area contributed by atoms with Crippen molar-refractivity contribution in [1.82, 2.24) is 4.90 Å². The zero-order valence-electron chi connectivity index (χ0n) is 9.72. The molecule has 0 atom stereocenters. The number of carbonyl (C=O) groups is 1. The average Bonchev–Trinajstić information content (AvgIpc) is 2.28. The molecule has 1 aromatic carbocycles. The summed E-state index contributed by atoms with van der Waals surface area (Å²) in [5, 5.41) is 8.46. The van der Waals surface area contributed by atoms with Crippen LogP contribution >= 0.6 is 0 Å². The summed E-state index contributed by atoms with van der Waals surface area (Å²) in [5.41, 5.74) is 1.10. The van der Waals surface area contributed by atoms with E-state index in [0.717, 1.165) is 12.1 Å². The molecule has 0 aromatic heterocycles. The molecule has 4 heteroatoms. The van der Waals surface area contributed by atoms with Gasteiger partial charge in [0.2, 0.25) is 0 Å². The predicted molar refractivity (Wildman–Crippen MR) is 64.7 cm³/mol. The van der Waals surface area contributed by atoms with Gasteiger partial charge < -0.3 is 9.84 Å². The van der Waals surface area contributed by atoms with Gasteiger partial charge in [-0.2, -0.15) is 0 Å². The highest BCUT2D eigenvalue weighted by atomic mass is 16.5. The van der Waals surface area contributed by atoms with Crippen LogP contribution in [0.1, 0.15) is 5.56 Å². The largest absolute Gasteiger partial charge is 0.482 e. The van der Waals surface area contributed by atoms with Gasteiger partial charge in [-0.15, -0.1) is 6.42 Å². The molecule has 1 aromatic rings. The second kappa shape index (κ2) is 6.56. The van der Waals surface area contributed by atoms with Crippen LogP contribution in [-0.4, -0.2) is 36.2 Å². The van der Waals surface area contributed by atoms with Gasteiger partial charge in [-0.3, -0.25) is 4.90 Å². The van der Waals surface area contributed by atoms with Gasteiger partial charge in [-0.25, -0.2) is 4.79 Å². The fourth-order valence-corrected chi connectivity index (χ4v) is 1.36. The Morgan fingerprint density at radius 2 is 2.12 bits per heavy atom. The Morgan fingerprint density at radius 3 is 2.65 bits per heavy atom. The minimum atomic E-state index is -0.983. The second-order valence-electron chi connectivity index (χ2n) is 3.70. The summed E-state index contributed by atoms with van der Waals surface area (Å²) < 4.78 is 5.03. The number of carboxylic acids is 1. The van der Waals surface area contributed by atoms with Crippen molar-refractivity contribution in [3.8, 4) is 18.1 Å². The highest BCUT2D eigenvalue weighted by Gasteiger charge is 2.01. The molecule has 0 saturated carbocycles. The van der Waals surface area contributed by atoms with E-state index in [4.69, 9.17) is 16.3 Å². The SMILES string of the molecule is C#CCN(C)Cc1ccc(OCC(=O)O)cc1. The monoisotopic (exact) mass is 233 g/mol. The number of benzene rings is 1. The fourth-order valence-electron chi connectivity index (χ4n) is 1.36. The summed E-state index contributed by atoms with van der Waals surface area (Å²) >= 11 is 0. The highest BCUT2D eigenvalue weighted by Crippen LogP contribution is 2.13. The van der Waals surface area contributed by atoms with Gasteiger partial charge in [0.05, 0.1) is 6.54 Å². The summed E-state index contributed by atoms with van der Waals surface area (Å²) in [4.78, 5) is 12.3. The first-order valence-corrected chi connectivity index (χ1v) is 5.17. The maximum absolute atomic E-state index is 10.3. The minimum Gasteiger partial charge on any atom is -0.482 e. The van der Waals surface area contributed by atoms with E-state index in [1.54, 1.807) is 12.1 Å². The molecule has 0 amide bonds. The molecular weight excluding hydrogens is 218 g/mol. The van der Waals surface area contributed by atoms with Crippen molar-refractivity contribution in [2.45, 2.75) is 6.54 Å². The van der Waals surface area contributed by atoms with Crippen molar-refractivity contribution in [2.24, 2.45) is 0 Å². The van der Waals surface area contributed by atoms with E-state index in [2.05, 4.69) is 5.92 Å². The van der Waals surface area contributed by atoms with Gasteiger partial charge in [0.25, 0.3) is 0 Å². The van der Waals surface area contributed by atoms with Crippen molar-refractivity contribution >= 4 is 5.97 Å². The summed E-state index contributed by atoms with van der Waals surface area (Å²) in [6.45, 7) is 1.02. The Bertz CT molecular complexity index is 406. The lowest BCUT2D eigenvalue weighted by atomic mass is 10.2. The molecule has 1 rings (SSSR count). The first-order chi connectivity index (χ1) is 8.11. The van der Waals surface area contributed by atoms with Crippen LogP contribution in [0.3, 0.4) is 0 Å². The lowest BCUT2D eigenvalue weighted by Gasteiger charge is -2.13. The fraction of sp³-hybridized carbons (Fsp3) is 0.308. The van der Waals surface area contributed by atoms with Gasteiger partial charge in [0.1, 0.15) is 5.75 Å². The smallest absolute Gasteiger partial charge is 0.341 e. The number of aliphatic carboxylic acids is 1. The van der Waals surface area contributed by atoms with Gasteiger partial charge in [-0.05, 0) is 24.7 Å². The quantitative estimate of drug-likeness (QED) is 0.750. The standard InChI is InChI=1S/C13H15NO3/c1-3-8-14(2)9-11-4-6-12(7-5-11)17-10-13(15)16/h1,4-7H,8-10H2,2H3,(H,15,16).